The highest BCUT2D eigenvalue weighted by Gasteiger charge is 2.24. The monoisotopic (exact) mass is 287 g/mol. The van der Waals surface area contributed by atoms with E-state index >= 15 is 0 Å². The Morgan fingerprint density at radius 1 is 1.05 bits per heavy atom. The molecule has 5 heteroatoms. The molecule has 0 aromatic rings. The minimum atomic E-state index is -0.633. The van der Waals surface area contributed by atoms with Crippen LogP contribution in [0.3, 0.4) is 0 Å². The third-order valence-electron chi connectivity index (χ3n) is 2.57. The van der Waals surface area contributed by atoms with Gasteiger partial charge in [-0.25, -0.2) is 9.59 Å². The van der Waals surface area contributed by atoms with E-state index in [0.717, 1.165) is 12.8 Å². The molecule has 1 atom stereocenters. The second-order valence-electron chi connectivity index (χ2n) is 5.84. The molecule has 20 heavy (non-hydrogen) atoms. The zero-order valence-electron chi connectivity index (χ0n) is 13.4. The zero-order chi connectivity index (χ0) is 15.5. The Morgan fingerprint density at radius 2 is 1.70 bits per heavy atom. The van der Waals surface area contributed by atoms with Crippen LogP contribution in [0.25, 0.3) is 0 Å². The van der Waals surface area contributed by atoms with Gasteiger partial charge in [-0.1, -0.05) is 41.0 Å². The van der Waals surface area contributed by atoms with Gasteiger partial charge in [0.1, 0.15) is 6.04 Å². The highest BCUT2D eigenvalue weighted by atomic mass is 16.6. The highest BCUT2D eigenvalue weighted by Crippen LogP contribution is 2.07. The summed E-state index contributed by atoms with van der Waals surface area (Å²) in [6.07, 6.45) is 1.78. The molecule has 0 heterocycles. The van der Waals surface area contributed by atoms with Crippen molar-refractivity contribution in [2.24, 2.45) is 11.8 Å². The second kappa shape index (κ2) is 10.5. The molecule has 0 aliphatic carbocycles. The molecule has 0 bridgehead atoms. The van der Waals surface area contributed by atoms with Crippen LogP contribution >= 0.6 is 0 Å². The van der Waals surface area contributed by atoms with Crippen LogP contribution in [-0.4, -0.2) is 31.3 Å². The number of hydrogen-bond donors (Lipinski definition) is 1. The molecule has 0 aromatic heterocycles. The van der Waals surface area contributed by atoms with E-state index in [9.17, 15) is 9.59 Å². The summed E-state index contributed by atoms with van der Waals surface area (Å²) in [6.45, 7) is 10.7. The van der Waals surface area contributed by atoms with Crippen LogP contribution in [0.5, 0.6) is 0 Å². The third kappa shape index (κ3) is 9.64. The Labute approximate surface area is 122 Å². The van der Waals surface area contributed by atoms with E-state index < -0.39 is 12.1 Å². The molecule has 1 amide bonds. The van der Waals surface area contributed by atoms with Crippen molar-refractivity contribution in [3.63, 3.8) is 0 Å². The van der Waals surface area contributed by atoms with Crippen LogP contribution in [0.15, 0.2) is 0 Å². The summed E-state index contributed by atoms with van der Waals surface area (Å²) in [4.78, 5) is 23.6. The minimum absolute atomic E-state index is 0.265. The number of unbranched alkanes of at least 4 members (excludes halogenated alkanes) is 1. The van der Waals surface area contributed by atoms with E-state index in [4.69, 9.17) is 9.47 Å². The first-order valence-electron chi connectivity index (χ1n) is 7.46. The smallest absolute Gasteiger partial charge is 0.407 e. The van der Waals surface area contributed by atoms with Gasteiger partial charge in [0.05, 0.1) is 13.2 Å². The Morgan fingerprint density at radius 3 is 2.20 bits per heavy atom. The molecule has 5 nitrogen and oxygen atoms in total. The van der Waals surface area contributed by atoms with Crippen molar-refractivity contribution >= 4 is 12.1 Å². The largest absolute Gasteiger partial charge is 0.464 e. The minimum Gasteiger partial charge on any atom is -0.464 e. The summed E-state index contributed by atoms with van der Waals surface area (Å²) >= 11 is 0. The lowest BCUT2D eigenvalue weighted by molar-refractivity contribution is -0.146. The molecule has 0 saturated carbocycles. The van der Waals surface area contributed by atoms with Crippen molar-refractivity contribution in [2.45, 2.75) is 59.9 Å². The Balaban J connectivity index is 4.32. The average molecular weight is 287 g/mol. The summed E-state index contributed by atoms with van der Waals surface area (Å²) in [5, 5.41) is 2.59. The standard InChI is InChI=1S/C15H29NO4/c1-6-7-8-19-14(17)13(9-11(2)3)16-15(18)20-10-12(4)5/h11-13H,6-10H2,1-5H3,(H,16,18). The molecule has 1 N–H and O–H groups in total. The van der Waals surface area contributed by atoms with Gasteiger partial charge >= 0.3 is 12.1 Å². The maximum absolute atomic E-state index is 11.9. The van der Waals surface area contributed by atoms with Crippen LogP contribution in [0.1, 0.15) is 53.9 Å². The Hall–Kier alpha value is -1.26. The van der Waals surface area contributed by atoms with E-state index in [-0.39, 0.29) is 17.8 Å². The van der Waals surface area contributed by atoms with Crippen LogP contribution in [0, 0.1) is 11.8 Å². The lowest BCUT2D eigenvalue weighted by Crippen LogP contribution is -2.43. The molecule has 0 rings (SSSR count). The topological polar surface area (TPSA) is 64.6 Å². The number of carbonyl (C=O) groups excluding carboxylic acids is 2. The number of alkyl carbamates (subject to hydrolysis) is 1. The quantitative estimate of drug-likeness (QED) is 0.522. The fourth-order valence-corrected chi connectivity index (χ4v) is 1.53. The van der Waals surface area contributed by atoms with Gasteiger partial charge in [-0.05, 0) is 24.7 Å². The van der Waals surface area contributed by atoms with Gasteiger partial charge in [0, 0.05) is 0 Å². The molecule has 0 aliphatic heterocycles. The maximum atomic E-state index is 11.9. The molecule has 0 aromatic carbocycles. The number of amides is 1. The number of esters is 1. The molecule has 0 spiro atoms. The van der Waals surface area contributed by atoms with Gasteiger partial charge in [0.25, 0.3) is 0 Å². The lowest BCUT2D eigenvalue weighted by Gasteiger charge is -2.19. The predicted octanol–water partition coefficient (Wildman–Crippen LogP) is 3.13. The summed E-state index contributed by atoms with van der Waals surface area (Å²) in [5.41, 5.74) is 0. The first kappa shape index (κ1) is 18.7. The van der Waals surface area contributed by atoms with E-state index in [0.29, 0.717) is 19.6 Å². The first-order valence-corrected chi connectivity index (χ1v) is 7.46. The molecule has 0 saturated heterocycles. The van der Waals surface area contributed by atoms with Gasteiger partial charge in [0.15, 0.2) is 0 Å². The van der Waals surface area contributed by atoms with E-state index in [1.165, 1.54) is 0 Å². The molecular formula is C15H29NO4. The molecule has 0 fully saturated rings. The normalized spacial score (nSPS) is 12.3. The number of rotatable bonds is 9. The second-order valence-corrected chi connectivity index (χ2v) is 5.84. The van der Waals surface area contributed by atoms with Crippen LogP contribution in [0.4, 0.5) is 4.79 Å². The molecule has 118 valence electrons. The van der Waals surface area contributed by atoms with Gasteiger partial charge < -0.3 is 14.8 Å². The van der Waals surface area contributed by atoms with Gasteiger partial charge in [-0.15, -0.1) is 0 Å². The van der Waals surface area contributed by atoms with E-state index in [2.05, 4.69) is 5.32 Å². The van der Waals surface area contributed by atoms with Crippen molar-refractivity contribution in [3.05, 3.63) is 0 Å². The van der Waals surface area contributed by atoms with E-state index in [1.54, 1.807) is 0 Å². The number of carbonyl (C=O) groups is 2. The maximum Gasteiger partial charge on any atom is 0.407 e. The van der Waals surface area contributed by atoms with Crippen molar-refractivity contribution in [1.82, 2.24) is 5.32 Å². The third-order valence-corrected chi connectivity index (χ3v) is 2.57. The molecule has 1 unspecified atom stereocenters. The summed E-state index contributed by atoms with van der Waals surface area (Å²) in [7, 11) is 0. The highest BCUT2D eigenvalue weighted by molar-refractivity contribution is 5.81. The zero-order valence-corrected chi connectivity index (χ0v) is 13.4. The van der Waals surface area contributed by atoms with Crippen molar-refractivity contribution in [1.29, 1.82) is 0 Å². The van der Waals surface area contributed by atoms with Crippen LogP contribution in [-0.2, 0) is 14.3 Å². The Kier molecular flexibility index (Phi) is 9.86. The summed E-state index contributed by atoms with van der Waals surface area (Å²) in [6, 6.07) is -0.633. The number of ether oxygens (including phenoxy) is 2. The van der Waals surface area contributed by atoms with Crippen molar-refractivity contribution in [2.75, 3.05) is 13.2 Å². The molecule has 0 aliphatic rings. The van der Waals surface area contributed by atoms with Gasteiger partial charge in [0.2, 0.25) is 0 Å². The number of nitrogens with one attached hydrogen (secondary N) is 1. The fraction of sp³-hybridized carbons (Fsp3) is 0.867. The van der Waals surface area contributed by atoms with E-state index in [1.807, 2.05) is 34.6 Å². The molecule has 0 radical (unpaired) electrons. The summed E-state index contributed by atoms with van der Waals surface area (Å²) < 4.78 is 10.2. The van der Waals surface area contributed by atoms with Crippen LogP contribution in [0.2, 0.25) is 0 Å². The van der Waals surface area contributed by atoms with Gasteiger partial charge in [-0.2, -0.15) is 0 Å². The lowest BCUT2D eigenvalue weighted by atomic mass is 10.0. The predicted molar refractivity (Wildman–Crippen MR) is 78.4 cm³/mol. The van der Waals surface area contributed by atoms with Crippen molar-refractivity contribution in [3.8, 4) is 0 Å². The summed E-state index contributed by atoms with van der Waals surface area (Å²) in [5.74, 6) is 0.165. The fourth-order valence-electron chi connectivity index (χ4n) is 1.53. The SMILES string of the molecule is CCCCOC(=O)C(CC(C)C)NC(=O)OCC(C)C. The Bertz CT molecular complexity index is 290. The van der Waals surface area contributed by atoms with Crippen molar-refractivity contribution < 1.29 is 19.1 Å². The van der Waals surface area contributed by atoms with Crippen LogP contribution < -0.4 is 5.32 Å². The average Bonchev–Trinajstić information content (AvgIpc) is 2.35. The first-order chi connectivity index (χ1) is 9.36. The van der Waals surface area contributed by atoms with Gasteiger partial charge in [-0.3, -0.25) is 0 Å². The molecular weight excluding hydrogens is 258 g/mol. The number of hydrogen-bond acceptors (Lipinski definition) is 4.